The fraction of sp³-hybridized carbons (Fsp3) is 0.387. The van der Waals surface area contributed by atoms with E-state index in [1.165, 1.54) is 6.33 Å². The van der Waals surface area contributed by atoms with E-state index in [1.54, 1.807) is 18.0 Å². The zero-order valence-corrected chi connectivity index (χ0v) is 25.2. The number of carbonyl (C=O) groups is 1. The molecule has 0 atom stereocenters. The number of anilines is 3. The number of aromatic nitrogens is 5. The summed E-state index contributed by atoms with van der Waals surface area (Å²) in [5, 5.41) is 10.3. The fourth-order valence-electron chi connectivity index (χ4n) is 4.74. The average molecular weight is 570 g/mol. The third-order valence-electron chi connectivity index (χ3n) is 7.62. The predicted molar refractivity (Wildman–Crippen MR) is 163 cm³/mol. The first-order valence-electron chi connectivity index (χ1n) is 14.1. The van der Waals surface area contributed by atoms with Crippen molar-refractivity contribution in [3.05, 3.63) is 83.1 Å². The number of nitrogens with zero attached hydrogens (tertiary/aromatic N) is 7. The number of pyridine rings is 1. The van der Waals surface area contributed by atoms with Gasteiger partial charge in [-0.3, -0.25) is 9.78 Å². The number of benzene rings is 1. The summed E-state index contributed by atoms with van der Waals surface area (Å²) in [7, 11) is 3.78. The summed E-state index contributed by atoms with van der Waals surface area (Å²) < 4.78 is 7.32. The highest BCUT2D eigenvalue weighted by Gasteiger charge is 2.22. The van der Waals surface area contributed by atoms with E-state index in [9.17, 15) is 4.79 Å². The number of hydrazine groups is 1. The van der Waals surface area contributed by atoms with Gasteiger partial charge in [-0.2, -0.15) is 9.78 Å². The van der Waals surface area contributed by atoms with Gasteiger partial charge in [-0.05, 0) is 64.1 Å². The summed E-state index contributed by atoms with van der Waals surface area (Å²) >= 11 is 0. The molecule has 0 unspecified atom stereocenters. The van der Waals surface area contributed by atoms with Crippen LogP contribution in [0.3, 0.4) is 0 Å². The molecule has 1 fully saturated rings. The Kier molecular flexibility index (Phi) is 8.62. The zero-order valence-electron chi connectivity index (χ0n) is 25.2. The standard InChI is InChI=1S/C31H39N9O2/c1-21-7-8-24(26(41)16-23-9-10-32-27(17-23)31(3,4)42-6)18-25(21)35-30-15-22(2)36-40(30)29-19-28(33-20-34-29)37-39-13-11-38(5)12-14-39/h7-10,15,17-20,35H,11-14,16H2,1-6H3,(H,33,34,37). The minimum Gasteiger partial charge on any atom is -0.373 e. The molecular weight excluding hydrogens is 530 g/mol. The first-order valence-corrected chi connectivity index (χ1v) is 14.1. The SMILES string of the molecule is COC(C)(C)c1cc(CC(=O)c2ccc(C)c(Nc3cc(C)nn3-c3cc(NN4CCN(C)CC4)ncn3)c2)ccn1. The molecule has 42 heavy (non-hydrogen) atoms. The first kappa shape index (κ1) is 29.3. The van der Waals surface area contributed by atoms with Crippen LogP contribution in [0.25, 0.3) is 5.82 Å². The van der Waals surface area contributed by atoms with Gasteiger partial charge in [0, 0.05) is 69.3 Å². The Labute approximate surface area is 246 Å². The molecule has 1 aliphatic rings. The van der Waals surface area contributed by atoms with E-state index in [4.69, 9.17) is 4.74 Å². The number of aryl methyl sites for hydroxylation is 2. The lowest BCUT2D eigenvalue weighted by Gasteiger charge is -2.32. The maximum Gasteiger partial charge on any atom is 0.167 e. The first-order chi connectivity index (χ1) is 20.1. The molecule has 3 aromatic heterocycles. The smallest absolute Gasteiger partial charge is 0.167 e. The van der Waals surface area contributed by atoms with Crippen LogP contribution in [-0.2, 0) is 16.8 Å². The van der Waals surface area contributed by atoms with Gasteiger partial charge < -0.3 is 20.4 Å². The second kappa shape index (κ2) is 12.4. The lowest BCUT2D eigenvalue weighted by Crippen LogP contribution is -2.47. The average Bonchev–Trinajstić information content (AvgIpc) is 3.35. The normalized spacial score (nSPS) is 14.6. The number of likely N-dealkylation sites (N-methyl/N-ethyl adjacent to an activating group) is 1. The van der Waals surface area contributed by atoms with Gasteiger partial charge in [-0.1, -0.05) is 12.1 Å². The van der Waals surface area contributed by atoms with Crippen molar-refractivity contribution >= 4 is 23.1 Å². The van der Waals surface area contributed by atoms with E-state index in [-0.39, 0.29) is 12.2 Å². The third-order valence-corrected chi connectivity index (χ3v) is 7.62. The van der Waals surface area contributed by atoms with Crippen LogP contribution in [0, 0.1) is 13.8 Å². The molecule has 0 radical (unpaired) electrons. The molecule has 11 nitrogen and oxygen atoms in total. The predicted octanol–water partition coefficient (Wildman–Crippen LogP) is 4.30. The Hall–Kier alpha value is -4.19. The summed E-state index contributed by atoms with van der Waals surface area (Å²) in [6.07, 6.45) is 3.53. The van der Waals surface area contributed by atoms with Crippen LogP contribution in [0.5, 0.6) is 0 Å². The lowest BCUT2D eigenvalue weighted by atomic mass is 9.98. The van der Waals surface area contributed by atoms with Gasteiger partial charge in [0.05, 0.1) is 11.4 Å². The molecule has 2 N–H and O–H groups in total. The van der Waals surface area contributed by atoms with Gasteiger partial charge in [0.1, 0.15) is 23.6 Å². The largest absolute Gasteiger partial charge is 0.373 e. The van der Waals surface area contributed by atoms with Crippen LogP contribution in [0.4, 0.5) is 17.3 Å². The molecule has 4 aromatic rings. The number of rotatable bonds is 10. The lowest BCUT2D eigenvalue weighted by molar-refractivity contribution is 0.0154. The van der Waals surface area contributed by atoms with Gasteiger partial charge in [-0.25, -0.2) is 15.0 Å². The van der Waals surface area contributed by atoms with Crippen LogP contribution in [0.15, 0.2) is 55.0 Å². The Morgan fingerprint density at radius 2 is 1.79 bits per heavy atom. The van der Waals surface area contributed by atoms with Crippen molar-refractivity contribution in [2.24, 2.45) is 0 Å². The fourth-order valence-corrected chi connectivity index (χ4v) is 4.74. The Balaban J connectivity index is 1.34. The number of carbonyl (C=O) groups excluding carboxylic acids is 1. The van der Waals surface area contributed by atoms with Crippen LogP contribution in [0.2, 0.25) is 0 Å². The molecule has 0 spiro atoms. The number of hydrogen-bond acceptors (Lipinski definition) is 10. The maximum atomic E-state index is 13.3. The van der Waals surface area contributed by atoms with Gasteiger partial charge in [-0.15, -0.1) is 0 Å². The van der Waals surface area contributed by atoms with Crippen molar-refractivity contribution in [2.75, 3.05) is 51.1 Å². The number of methoxy groups -OCH3 is 1. The van der Waals surface area contributed by atoms with E-state index < -0.39 is 5.60 Å². The number of Topliss-reactive ketones (excluding diaryl/α,β-unsaturated/α-hetero) is 1. The number of ether oxygens (including phenoxy) is 1. The van der Waals surface area contributed by atoms with Gasteiger partial charge in [0.25, 0.3) is 0 Å². The van der Waals surface area contributed by atoms with Crippen LogP contribution >= 0.6 is 0 Å². The van der Waals surface area contributed by atoms with Crippen LogP contribution in [-0.4, -0.2) is 80.8 Å². The summed E-state index contributed by atoms with van der Waals surface area (Å²) in [5.74, 6) is 2.10. The Morgan fingerprint density at radius 3 is 2.55 bits per heavy atom. The molecule has 1 aromatic carbocycles. The molecule has 1 aliphatic heterocycles. The van der Waals surface area contributed by atoms with Crippen LogP contribution in [0.1, 0.15) is 46.7 Å². The minimum atomic E-state index is -0.536. The molecule has 0 bridgehead atoms. The van der Waals surface area contributed by atoms with Gasteiger partial charge in [0.15, 0.2) is 11.6 Å². The molecule has 5 rings (SSSR count). The number of ketones is 1. The van der Waals surface area contributed by atoms with Crippen molar-refractivity contribution in [3.63, 3.8) is 0 Å². The van der Waals surface area contributed by atoms with E-state index in [1.807, 2.05) is 70.2 Å². The van der Waals surface area contributed by atoms with Gasteiger partial charge >= 0.3 is 0 Å². The molecule has 0 saturated carbocycles. The van der Waals surface area contributed by atoms with E-state index in [2.05, 4.69) is 47.7 Å². The summed E-state index contributed by atoms with van der Waals surface area (Å²) in [6, 6.07) is 13.4. The second-order valence-electron chi connectivity index (χ2n) is 11.3. The summed E-state index contributed by atoms with van der Waals surface area (Å²) in [5.41, 5.74) is 7.83. The molecule has 11 heteroatoms. The van der Waals surface area contributed by atoms with Crippen molar-refractivity contribution in [3.8, 4) is 5.82 Å². The number of nitrogens with one attached hydrogen (secondary N) is 2. The van der Waals surface area contributed by atoms with Crippen molar-refractivity contribution in [1.29, 1.82) is 0 Å². The quantitative estimate of drug-likeness (QED) is 0.268. The molecule has 1 saturated heterocycles. The topological polar surface area (TPSA) is 113 Å². The minimum absolute atomic E-state index is 0.0190. The maximum absolute atomic E-state index is 13.3. The highest BCUT2D eigenvalue weighted by Crippen LogP contribution is 2.27. The second-order valence-corrected chi connectivity index (χ2v) is 11.3. The van der Waals surface area contributed by atoms with Crippen molar-refractivity contribution < 1.29 is 9.53 Å². The van der Waals surface area contributed by atoms with Gasteiger partial charge in [0.2, 0.25) is 0 Å². The summed E-state index contributed by atoms with van der Waals surface area (Å²) in [6.45, 7) is 11.7. The monoisotopic (exact) mass is 569 g/mol. The molecule has 0 aliphatic carbocycles. The molecule has 0 amide bonds. The van der Waals surface area contributed by atoms with E-state index in [0.717, 1.165) is 60.2 Å². The van der Waals surface area contributed by atoms with E-state index >= 15 is 0 Å². The highest BCUT2D eigenvalue weighted by atomic mass is 16.5. The van der Waals surface area contributed by atoms with Crippen molar-refractivity contribution in [1.82, 2.24) is 34.6 Å². The molecule has 4 heterocycles. The van der Waals surface area contributed by atoms with Crippen LogP contribution < -0.4 is 10.7 Å². The highest BCUT2D eigenvalue weighted by molar-refractivity contribution is 5.98. The van der Waals surface area contributed by atoms with Crippen molar-refractivity contribution in [2.45, 2.75) is 39.7 Å². The number of piperazine rings is 1. The molecule has 220 valence electrons. The zero-order chi connectivity index (χ0) is 29.9. The Morgan fingerprint density at radius 1 is 1.00 bits per heavy atom. The summed E-state index contributed by atoms with van der Waals surface area (Å²) in [4.78, 5) is 29.0. The third kappa shape index (κ3) is 6.81. The van der Waals surface area contributed by atoms with E-state index in [0.29, 0.717) is 17.2 Å². The molecular formula is C31H39N9O2. The Bertz CT molecular complexity index is 1560. The number of hydrogen-bond donors (Lipinski definition) is 2.